The Labute approximate surface area is 218 Å². The van der Waals surface area contributed by atoms with Crippen molar-refractivity contribution in [3.63, 3.8) is 0 Å². The van der Waals surface area contributed by atoms with Crippen molar-refractivity contribution in [2.75, 3.05) is 54.0 Å². The van der Waals surface area contributed by atoms with Gasteiger partial charge in [0, 0.05) is 50.1 Å². The molecule has 0 bridgehead atoms. The lowest BCUT2D eigenvalue weighted by atomic mass is 9.95. The van der Waals surface area contributed by atoms with E-state index in [1.54, 1.807) is 47.2 Å². The van der Waals surface area contributed by atoms with E-state index in [2.05, 4.69) is 5.32 Å². The molecule has 2 saturated heterocycles. The molecule has 0 aromatic heterocycles. The number of rotatable bonds is 7. The van der Waals surface area contributed by atoms with Crippen LogP contribution in [0.4, 0.5) is 0 Å². The van der Waals surface area contributed by atoms with Gasteiger partial charge in [-0.15, -0.1) is 0 Å². The van der Waals surface area contributed by atoms with Crippen LogP contribution in [0.25, 0.3) is 0 Å². The Morgan fingerprint density at radius 2 is 1.81 bits per heavy atom. The zero-order chi connectivity index (χ0) is 26.6. The van der Waals surface area contributed by atoms with Crippen molar-refractivity contribution >= 4 is 17.7 Å². The summed E-state index contributed by atoms with van der Waals surface area (Å²) in [6.45, 7) is 3.99. The van der Waals surface area contributed by atoms with Crippen molar-refractivity contribution in [1.82, 2.24) is 20.0 Å². The van der Waals surface area contributed by atoms with Crippen LogP contribution < -0.4 is 10.1 Å². The van der Waals surface area contributed by atoms with E-state index in [9.17, 15) is 14.4 Å². The van der Waals surface area contributed by atoms with Crippen LogP contribution in [-0.2, 0) is 9.53 Å². The highest BCUT2D eigenvalue weighted by atomic mass is 16.5. The van der Waals surface area contributed by atoms with Gasteiger partial charge in [0.1, 0.15) is 17.5 Å². The van der Waals surface area contributed by atoms with Crippen LogP contribution in [0.3, 0.4) is 0 Å². The number of hydrogen-bond donors (Lipinski definition) is 1. The molecule has 4 rings (SSSR count). The van der Waals surface area contributed by atoms with Gasteiger partial charge in [-0.05, 0) is 50.8 Å². The normalized spacial score (nSPS) is 18.8. The summed E-state index contributed by atoms with van der Waals surface area (Å²) in [4.78, 5) is 45.7. The highest BCUT2D eigenvalue weighted by molar-refractivity contribution is 5.99. The Hall–Kier alpha value is -3.43. The molecule has 2 heterocycles. The van der Waals surface area contributed by atoms with Crippen LogP contribution in [0.5, 0.6) is 5.75 Å². The van der Waals surface area contributed by atoms with Gasteiger partial charge in [0.05, 0.1) is 13.7 Å². The molecule has 1 spiro atoms. The van der Waals surface area contributed by atoms with Gasteiger partial charge >= 0.3 is 0 Å². The van der Waals surface area contributed by atoms with E-state index in [1.807, 2.05) is 44.1 Å². The molecule has 198 valence electrons. The van der Waals surface area contributed by atoms with Crippen LogP contribution in [0, 0.1) is 6.92 Å². The molecule has 9 heteroatoms. The van der Waals surface area contributed by atoms with Gasteiger partial charge < -0.3 is 24.6 Å². The summed E-state index contributed by atoms with van der Waals surface area (Å²) >= 11 is 0. The van der Waals surface area contributed by atoms with Crippen molar-refractivity contribution in [2.45, 2.75) is 31.5 Å². The Balaban J connectivity index is 1.55. The number of ether oxygens (including phenoxy) is 2. The standard InChI is InChI=1S/C28H36N4O5/c1-20-8-5-6-11-23(20)27(35)32-24(25(33)29-14-17-30(2)3)19-37-28(32)12-15-31(16-13-28)26(34)21-9-7-10-22(18-21)36-4/h5-11,18,24H,12-17,19H2,1-4H3,(H,29,33)/t24-/m0/s1. The van der Waals surface area contributed by atoms with Gasteiger partial charge in [0.25, 0.3) is 11.8 Å². The molecule has 37 heavy (non-hydrogen) atoms. The molecule has 1 N–H and O–H groups in total. The number of likely N-dealkylation sites (tertiary alicyclic amines) is 1. The molecule has 3 amide bonds. The number of benzene rings is 2. The predicted molar refractivity (Wildman–Crippen MR) is 140 cm³/mol. The lowest BCUT2D eigenvalue weighted by molar-refractivity contribution is -0.128. The number of carbonyl (C=O) groups is 3. The van der Waals surface area contributed by atoms with Crippen molar-refractivity contribution < 1.29 is 23.9 Å². The average molecular weight is 509 g/mol. The number of nitrogens with zero attached hydrogens (tertiary/aromatic N) is 3. The minimum Gasteiger partial charge on any atom is -0.497 e. The van der Waals surface area contributed by atoms with Gasteiger partial charge in [0.15, 0.2) is 0 Å². The van der Waals surface area contributed by atoms with Crippen LogP contribution in [0.15, 0.2) is 48.5 Å². The first-order chi connectivity index (χ1) is 17.8. The minimum absolute atomic E-state index is 0.0958. The molecule has 2 aromatic rings. The Kier molecular flexibility index (Phi) is 8.14. The number of aryl methyl sites for hydroxylation is 1. The van der Waals surface area contributed by atoms with E-state index in [0.717, 1.165) is 5.56 Å². The quantitative estimate of drug-likeness (QED) is 0.617. The summed E-state index contributed by atoms with van der Waals surface area (Å²) in [5.74, 6) is 0.0737. The van der Waals surface area contributed by atoms with Gasteiger partial charge in [0.2, 0.25) is 5.91 Å². The van der Waals surface area contributed by atoms with Gasteiger partial charge in [-0.25, -0.2) is 0 Å². The zero-order valence-corrected chi connectivity index (χ0v) is 22.0. The molecular formula is C28H36N4O5. The first-order valence-electron chi connectivity index (χ1n) is 12.6. The molecule has 2 aromatic carbocycles. The summed E-state index contributed by atoms with van der Waals surface area (Å²) in [6.07, 6.45) is 0.837. The Bertz CT molecular complexity index is 1140. The van der Waals surface area contributed by atoms with Crippen LogP contribution in [0.2, 0.25) is 0 Å². The third-order valence-electron chi connectivity index (χ3n) is 7.16. The van der Waals surface area contributed by atoms with Crippen molar-refractivity contribution in [2.24, 2.45) is 0 Å². The molecule has 2 aliphatic heterocycles. The number of amides is 3. The van der Waals surface area contributed by atoms with E-state index in [1.165, 1.54) is 0 Å². The second kappa shape index (κ2) is 11.3. The second-order valence-electron chi connectivity index (χ2n) is 9.88. The number of hydrogen-bond acceptors (Lipinski definition) is 6. The van der Waals surface area contributed by atoms with Crippen molar-refractivity contribution in [3.05, 3.63) is 65.2 Å². The average Bonchev–Trinajstić information content (AvgIpc) is 3.27. The van der Waals surface area contributed by atoms with E-state index in [4.69, 9.17) is 9.47 Å². The predicted octanol–water partition coefficient (Wildman–Crippen LogP) is 2.15. The Morgan fingerprint density at radius 1 is 1.08 bits per heavy atom. The maximum absolute atomic E-state index is 13.9. The van der Waals surface area contributed by atoms with E-state index in [-0.39, 0.29) is 24.3 Å². The molecule has 0 aliphatic carbocycles. The van der Waals surface area contributed by atoms with Gasteiger partial charge in [-0.3, -0.25) is 19.3 Å². The molecule has 2 fully saturated rings. The summed E-state index contributed by atoms with van der Waals surface area (Å²) in [5, 5.41) is 2.96. The van der Waals surface area contributed by atoms with Crippen molar-refractivity contribution in [1.29, 1.82) is 0 Å². The minimum atomic E-state index is -0.950. The second-order valence-corrected chi connectivity index (χ2v) is 9.88. The molecule has 1 atom stereocenters. The highest BCUT2D eigenvalue weighted by Gasteiger charge is 2.54. The van der Waals surface area contributed by atoms with Gasteiger partial charge in [-0.2, -0.15) is 0 Å². The number of likely N-dealkylation sites (N-methyl/N-ethyl adjacent to an activating group) is 1. The third-order valence-corrected chi connectivity index (χ3v) is 7.16. The summed E-state index contributed by atoms with van der Waals surface area (Å²) in [5.41, 5.74) is 0.989. The summed E-state index contributed by atoms with van der Waals surface area (Å²) in [6, 6.07) is 13.7. The lowest BCUT2D eigenvalue weighted by Gasteiger charge is -2.44. The van der Waals surface area contributed by atoms with E-state index in [0.29, 0.717) is 55.9 Å². The van der Waals surface area contributed by atoms with Crippen LogP contribution in [0.1, 0.15) is 39.1 Å². The fourth-order valence-electron chi connectivity index (χ4n) is 5.03. The fraction of sp³-hybridized carbons (Fsp3) is 0.464. The SMILES string of the molecule is COc1cccc(C(=O)N2CCC3(CC2)OC[C@@H](C(=O)NCCN(C)C)N3C(=O)c2ccccc2C)c1. The first-order valence-corrected chi connectivity index (χ1v) is 12.6. The largest absolute Gasteiger partial charge is 0.497 e. The van der Waals surface area contributed by atoms with E-state index < -0.39 is 11.8 Å². The van der Waals surface area contributed by atoms with E-state index >= 15 is 0 Å². The number of carbonyl (C=O) groups excluding carboxylic acids is 3. The van der Waals surface area contributed by atoms with Crippen molar-refractivity contribution in [3.8, 4) is 5.75 Å². The first kappa shape index (κ1) is 26.6. The van der Waals surface area contributed by atoms with Crippen LogP contribution in [-0.4, -0.2) is 98.2 Å². The summed E-state index contributed by atoms with van der Waals surface area (Å²) in [7, 11) is 5.45. The topological polar surface area (TPSA) is 91.4 Å². The maximum Gasteiger partial charge on any atom is 0.257 e. The molecule has 9 nitrogen and oxygen atoms in total. The lowest BCUT2D eigenvalue weighted by Crippen LogP contribution is -2.60. The molecule has 0 unspecified atom stereocenters. The summed E-state index contributed by atoms with van der Waals surface area (Å²) < 4.78 is 11.5. The maximum atomic E-state index is 13.9. The fourth-order valence-corrected chi connectivity index (χ4v) is 5.03. The number of methoxy groups -OCH3 is 1. The van der Waals surface area contributed by atoms with Crippen LogP contribution >= 0.6 is 0 Å². The number of piperidine rings is 1. The smallest absolute Gasteiger partial charge is 0.257 e. The monoisotopic (exact) mass is 508 g/mol. The number of nitrogens with one attached hydrogen (secondary N) is 1. The molecule has 0 radical (unpaired) electrons. The molecule has 2 aliphatic rings. The zero-order valence-electron chi connectivity index (χ0n) is 22.0. The molecular weight excluding hydrogens is 472 g/mol. The Morgan fingerprint density at radius 3 is 2.49 bits per heavy atom. The third kappa shape index (κ3) is 5.62. The highest BCUT2D eigenvalue weighted by Crippen LogP contribution is 2.39. The van der Waals surface area contributed by atoms with Gasteiger partial charge in [-0.1, -0.05) is 24.3 Å². The molecule has 0 saturated carbocycles.